The van der Waals surface area contributed by atoms with Crippen molar-refractivity contribution in [3.63, 3.8) is 0 Å². The van der Waals surface area contributed by atoms with Crippen LogP contribution in [0.4, 0.5) is 5.69 Å². The van der Waals surface area contributed by atoms with E-state index in [0.717, 1.165) is 0 Å². The molecule has 1 aromatic rings. The lowest BCUT2D eigenvalue weighted by atomic mass is 9.89. The topological polar surface area (TPSA) is 61.0 Å². The molecule has 5 nitrogen and oxygen atoms in total. The number of aromatic nitrogens is 2. The summed E-state index contributed by atoms with van der Waals surface area (Å²) in [4.78, 5) is 10.6. The fourth-order valence-electron chi connectivity index (χ4n) is 1.64. The molecule has 0 bridgehead atoms. The van der Waals surface area contributed by atoms with Crippen molar-refractivity contribution in [3.8, 4) is 0 Å². The Bertz CT molecular complexity index is 435. The molecule has 1 heterocycles. The third-order valence-electron chi connectivity index (χ3n) is 2.80. The van der Waals surface area contributed by atoms with E-state index < -0.39 is 0 Å². The number of alkyl halides is 1. The second-order valence-corrected chi connectivity index (χ2v) is 5.83. The van der Waals surface area contributed by atoms with Gasteiger partial charge in [-0.3, -0.25) is 14.8 Å². The number of rotatable bonds is 3. The molecule has 0 aromatic carbocycles. The lowest BCUT2D eigenvalue weighted by Gasteiger charge is -2.24. The number of aryl methyl sites for hydroxylation is 2. The van der Waals surface area contributed by atoms with E-state index in [2.05, 4.69) is 5.10 Å². The molecule has 1 unspecified atom stereocenters. The lowest BCUT2D eigenvalue weighted by molar-refractivity contribution is -0.386. The van der Waals surface area contributed by atoms with E-state index in [1.807, 2.05) is 20.8 Å². The van der Waals surface area contributed by atoms with Gasteiger partial charge < -0.3 is 0 Å². The van der Waals surface area contributed by atoms with E-state index in [0.29, 0.717) is 17.8 Å². The van der Waals surface area contributed by atoms with E-state index in [4.69, 9.17) is 11.6 Å². The zero-order chi connectivity index (χ0) is 13.4. The van der Waals surface area contributed by atoms with Gasteiger partial charge in [0, 0.05) is 18.8 Å². The maximum Gasteiger partial charge on any atom is 0.313 e. The van der Waals surface area contributed by atoms with Crippen LogP contribution in [0.1, 0.15) is 32.2 Å². The molecule has 1 atom stereocenters. The van der Waals surface area contributed by atoms with Crippen LogP contribution in [0.5, 0.6) is 0 Å². The molecule has 0 aliphatic rings. The molecule has 0 amide bonds. The maximum atomic E-state index is 11.0. The summed E-state index contributed by atoms with van der Waals surface area (Å²) < 4.78 is 1.55. The molecule has 0 saturated carbocycles. The van der Waals surface area contributed by atoms with E-state index in [1.54, 1.807) is 18.7 Å². The Kier molecular flexibility index (Phi) is 3.81. The predicted molar refractivity (Wildman–Crippen MR) is 67.4 cm³/mol. The molecule has 0 aliphatic heterocycles. The first kappa shape index (κ1) is 14.0. The van der Waals surface area contributed by atoms with Crippen LogP contribution in [0, 0.1) is 22.5 Å². The first-order valence-corrected chi connectivity index (χ1v) is 5.89. The van der Waals surface area contributed by atoms with Gasteiger partial charge in [0.05, 0.1) is 4.92 Å². The first-order chi connectivity index (χ1) is 7.64. The van der Waals surface area contributed by atoms with Crippen molar-refractivity contribution in [2.24, 2.45) is 12.5 Å². The quantitative estimate of drug-likeness (QED) is 0.476. The number of halogens is 1. The van der Waals surface area contributed by atoms with Crippen molar-refractivity contribution in [3.05, 3.63) is 21.5 Å². The predicted octanol–water partition coefficient (Wildman–Crippen LogP) is 2.83. The molecule has 0 aliphatic carbocycles. The van der Waals surface area contributed by atoms with Crippen LogP contribution < -0.4 is 0 Å². The Hall–Kier alpha value is -1.10. The van der Waals surface area contributed by atoms with Crippen LogP contribution in [-0.4, -0.2) is 20.1 Å². The zero-order valence-corrected chi connectivity index (χ0v) is 11.6. The molecule has 96 valence electrons. The molecular weight excluding hydrogens is 242 g/mol. The van der Waals surface area contributed by atoms with Gasteiger partial charge >= 0.3 is 5.69 Å². The van der Waals surface area contributed by atoms with Crippen molar-refractivity contribution in [1.29, 1.82) is 0 Å². The summed E-state index contributed by atoms with van der Waals surface area (Å²) >= 11 is 6.29. The van der Waals surface area contributed by atoms with Gasteiger partial charge in [-0.1, -0.05) is 20.8 Å². The van der Waals surface area contributed by atoms with Crippen LogP contribution in [0.15, 0.2) is 0 Å². The number of hydrogen-bond acceptors (Lipinski definition) is 3. The summed E-state index contributed by atoms with van der Waals surface area (Å²) in [5, 5.41) is 14.9. The highest BCUT2D eigenvalue weighted by atomic mass is 35.5. The highest BCUT2D eigenvalue weighted by Gasteiger charge is 2.30. The van der Waals surface area contributed by atoms with E-state index >= 15 is 0 Å². The zero-order valence-electron chi connectivity index (χ0n) is 10.8. The highest BCUT2D eigenvalue weighted by molar-refractivity contribution is 6.21. The summed E-state index contributed by atoms with van der Waals surface area (Å²) in [6.45, 7) is 7.68. The molecule has 0 saturated heterocycles. The summed E-state index contributed by atoms with van der Waals surface area (Å²) in [6.07, 6.45) is 0.443. The Morgan fingerprint density at radius 3 is 2.47 bits per heavy atom. The summed E-state index contributed by atoms with van der Waals surface area (Å²) in [5.41, 5.74) is 1.00. The fourth-order valence-corrected chi connectivity index (χ4v) is 1.78. The standard InChI is InChI=1S/C11H18ClN3O2/c1-7-10(15(16)17)8(14(5)13-7)6-9(12)11(2,3)4/h9H,6H2,1-5H3. The van der Waals surface area contributed by atoms with Gasteiger partial charge in [-0.05, 0) is 12.3 Å². The van der Waals surface area contributed by atoms with Crippen LogP contribution in [0.3, 0.4) is 0 Å². The minimum atomic E-state index is -0.385. The van der Waals surface area contributed by atoms with E-state index in [9.17, 15) is 10.1 Å². The minimum absolute atomic E-state index is 0.0856. The smallest absolute Gasteiger partial charge is 0.265 e. The summed E-state index contributed by atoms with van der Waals surface area (Å²) in [5.74, 6) is 0. The average Bonchev–Trinajstić information content (AvgIpc) is 2.39. The lowest BCUT2D eigenvalue weighted by Crippen LogP contribution is -2.24. The monoisotopic (exact) mass is 259 g/mol. The minimum Gasteiger partial charge on any atom is -0.265 e. The second kappa shape index (κ2) is 4.64. The van der Waals surface area contributed by atoms with Gasteiger partial charge in [0.15, 0.2) is 0 Å². The van der Waals surface area contributed by atoms with Crippen LogP contribution in [0.25, 0.3) is 0 Å². The number of nitrogens with zero attached hydrogens (tertiary/aromatic N) is 3. The van der Waals surface area contributed by atoms with Gasteiger partial charge in [0.2, 0.25) is 0 Å². The number of hydrogen-bond donors (Lipinski definition) is 0. The highest BCUT2D eigenvalue weighted by Crippen LogP contribution is 2.31. The number of nitro groups is 1. The average molecular weight is 260 g/mol. The Morgan fingerprint density at radius 2 is 2.06 bits per heavy atom. The van der Waals surface area contributed by atoms with E-state index in [-0.39, 0.29) is 21.4 Å². The summed E-state index contributed by atoms with van der Waals surface area (Å²) in [7, 11) is 1.71. The molecule has 0 spiro atoms. The van der Waals surface area contributed by atoms with Crippen LogP contribution in [0.2, 0.25) is 0 Å². The van der Waals surface area contributed by atoms with Gasteiger partial charge in [-0.15, -0.1) is 11.6 Å². The Balaban J connectivity index is 3.10. The van der Waals surface area contributed by atoms with Crippen LogP contribution >= 0.6 is 11.6 Å². The third kappa shape index (κ3) is 2.97. The van der Waals surface area contributed by atoms with Crippen LogP contribution in [-0.2, 0) is 13.5 Å². The van der Waals surface area contributed by atoms with Gasteiger partial charge in [0.25, 0.3) is 0 Å². The summed E-state index contributed by atoms with van der Waals surface area (Å²) in [6, 6.07) is 0. The fraction of sp³-hybridized carbons (Fsp3) is 0.727. The van der Waals surface area contributed by atoms with Gasteiger partial charge in [0.1, 0.15) is 11.4 Å². The molecule has 1 aromatic heterocycles. The third-order valence-corrected chi connectivity index (χ3v) is 3.61. The van der Waals surface area contributed by atoms with E-state index in [1.165, 1.54) is 0 Å². The van der Waals surface area contributed by atoms with Crippen molar-refractivity contribution in [2.45, 2.75) is 39.5 Å². The van der Waals surface area contributed by atoms with Crippen molar-refractivity contribution >= 4 is 17.3 Å². The largest absolute Gasteiger partial charge is 0.313 e. The second-order valence-electron chi connectivity index (χ2n) is 5.30. The first-order valence-electron chi connectivity index (χ1n) is 5.45. The van der Waals surface area contributed by atoms with Crippen molar-refractivity contribution in [1.82, 2.24) is 9.78 Å². The molecule has 17 heavy (non-hydrogen) atoms. The molecule has 6 heteroatoms. The van der Waals surface area contributed by atoms with Gasteiger partial charge in [-0.2, -0.15) is 5.10 Å². The van der Waals surface area contributed by atoms with Gasteiger partial charge in [-0.25, -0.2) is 0 Å². The normalized spacial score (nSPS) is 13.8. The SMILES string of the molecule is Cc1nn(C)c(CC(Cl)C(C)(C)C)c1[N+](=O)[O-]. The molecular formula is C11H18ClN3O2. The molecule has 0 radical (unpaired) electrons. The molecule has 1 rings (SSSR count). The Morgan fingerprint density at radius 1 is 1.53 bits per heavy atom. The molecule has 0 fully saturated rings. The Labute approximate surface area is 106 Å². The molecule has 0 N–H and O–H groups in total. The maximum absolute atomic E-state index is 11.0. The van der Waals surface area contributed by atoms with Crippen molar-refractivity contribution < 1.29 is 4.92 Å². The van der Waals surface area contributed by atoms with Crippen molar-refractivity contribution in [2.75, 3.05) is 0 Å².